The van der Waals surface area contributed by atoms with Gasteiger partial charge >= 0.3 is 0 Å². The van der Waals surface area contributed by atoms with Crippen molar-refractivity contribution >= 4 is 0 Å². The number of benzene rings is 1. The lowest BCUT2D eigenvalue weighted by atomic mass is 10.0. The molecule has 1 aromatic carbocycles. The number of nitrogens with two attached hydrogens (primary N) is 1. The Balaban J connectivity index is 2.53. The molecule has 0 aliphatic carbocycles. The Bertz CT molecular complexity index is 221. The van der Waals surface area contributed by atoms with Crippen molar-refractivity contribution < 1.29 is 5.11 Å². The van der Waals surface area contributed by atoms with E-state index < -0.39 is 6.10 Å². The van der Waals surface area contributed by atoms with Crippen LogP contribution in [0.25, 0.3) is 0 Å². The van der Waals surface area contributed by atoms with E-state index in [1.807, 2.05) is 30.3 Å². The molecule has 0 amide bonds. The van der Waals surface area contributed by atoms with E-state index in [9.17, 15) is 0 Å². The molecule has 0 heterocycles. The van der Waals surface area contributed by atoms with Gasteiger partial charge < -0.3 is 10.8 Å². The first-order valence-corrected chi connectivity index (χ1v) is 4.17. The summed E-state index contributed by atoms with van der Waals surface area (Å²) in [6.07, 6.45) is 0.295. The predicted octanol–water partition coefficient (Wildman–Crippen LogP) is 0.937. The van der Waals surface area contributed by atoms with Gasteiger partial charge in [0, 0.05) is 6.04 Å². The van der Waals surface area contributed by atoms with Crippen molar-refractivity contribution in [1.29, 1.82) is 0 Å². The zero-order chi connectivity index (χ0) is 8.97. The monoisotopic (exact) mass is 165 g/mol. The zero-order valence-corrected chi connectivity index (χ0v) is 7.27. The van der Waals surface area contributed by atoms with E-state index >= 15 is 0 Å². The molecule has 0 aliphatic rings. The Kier molecular flexibility index (Phi) is 3.26. The summed E-state index contributed by atoms with van der Waals surface area (Å²) in [7, 11) is 0. The van der Waals surface area contributed by atoms with Gasteiger partial charge in [0.15, 0.2) is 0 Å². The third-order valence-corrected chi connectivity index (χ3v) is 1.93. The summed E-state index contributed by atoms with van der Waals surface area (Å²) in [5, 5.41) is 9.16. The molecule has 0 saturated carbocycles. The minimum absolute atomic E-state index is 0.160. The standard InChI is InChI=1S/C10H15NO/c1-8(12)10(11)7-9-5-3-2-4-6-9/h2-6,8,10,12H,7,11H2,1H3/t8-,10?/m0/s1. The maximum atomic E-state index is 9.16. The highest BCUT2D eigenvalue weighted by Gasteiger charge is 2.08. The number of hydrogen-bond acceptors (Lipinski definition) is 2. The highest BCUT2D eigenvalue weighted by atomic mass is 16.3. The minimum Gasteiger partial charge on any atom is -0.392 e. The van der Waals surface area contributed by atoms with E-state index in [0.717, 1.165) is 6.42 Å². The van der Waals surface area contributed by atoms with E-state index in [4.69, 9.17) is 10.8 Å². The van der Waals surface area contributed by atoms with E-state index in [0.29, 0.717) is 0 Å². The molecular weight excluding hydrogens is 150 g/mol. The molecule has 3 N–H and O–H groups in total. The Morgan fingerprint density at radius 2 is 1.92 bits per heavy atom. The van der Waals surface area contributed by atoms with Crippen LogP contribution in [0, 0.1) is 0 Å². The van der Waals surface area contributed by atoms with Gasteiger partial charge in [-0.2, -0.15) is 0 Å². The second-order valence-corrected chi connectivity index (χ2v) is 3.09. The average molecular weight is 165 g/mol. The van der Waals surface area contributed by atoms with Crippen LogP contribution in [0.1, 0.15) is 12.5 Å². The molecule has 0 aromatic heterocycles. The Hall–Kier alpha value is -0.860. The van der Waals surface area contributed by atoms with Gasteiger partial charge in [-0.1, -0.05) is 30.3 Å². The lowest BCUT2D eigenvalue weighted by Crippen LogP contribution is -2.34. The van der Waals surface area contributed by atoms with Crippen molar-refractivity contribution in [2.24, 2.45) is 5.73 Å². The van der Waals surface area contributed by atoms with Crippen LogP contribution in [-0.2, 0) is 6.42 Å². The lowest BCUT2D eigenvalue weighted by molar-refractivity contribution is 0.163. The largest absolute Gasteiger partial charge is 0.392 e. The number of rotatable bonds is 3. The van der Waals surface area contributed by atoms with Crippen LogP contribution in [0.2, 0.25) is 0 Å². The summed E-state index contributed by atoms with van der Waals surface area (Å²) in [5.74, 6) is 0. The van der Waals surface area contributed by atoms with Gasteiger partial charge in [0.2, 0.25) is 0 Å². The predicted molar refractivity (Wildman–Crippen MR) is 49.8 cm³/mol. The summed E-state index contributed by atoms with van der Waals surface area (Å²) >= 11 is 0. The molecule has 1 aromatic rings. The first kappa shape index (κ1) is 9.23. The fourth-order valence-corrected chi connectivity index (χ4v) is 1.06. The SMILES string of the molecule is C[C@H](O)C(N)Cc1ccccc1. The van der Waals surface area contributed by atoms with Gasteiger partial charge in [0.05, 0.1) is 6.10 Å². The molecule has 2 atom stereocenters. The molecule has 12 heavy (non-hydrogen) atoms. The second-order valence-electron chi connectivity index (χ2n) is 3.09. The number of hydrogen-bond donors (Lipinski definition) is 2. The molecule has 2 nitrogen and oxygen atoms in total. The molecule has 2 heteroatoms. The van der Waals surface area contributed by atoms with E-state index in [-0.39, 0.29) is 6.04 Å². The third kappa shape index (κ3) is 2.64. The minimum atomic E-state index is -0.440. The van der Waals surface area contributed by atoms with Crippen molar-refractivity contribution in [1.82, 2.24) is 0 Å². The maximum absolute atomic E-state index is 9.16. The Morgan fingerprint density at radius 3 is 2.42 bits per heavy atom. The number of aliphatic hydroxyl groups is 1. The van der Waals surface area contributed by atoms with Gasteiger partial charge in [-0.15, -0.1) is 0 Å². The fraction of sp³-hybridized carbons (Fsp3) is 0.400. The summed E-state index contributed by atoms with van der Waals surface area (Å²) < 4.78 is 0. The Labute approximate surface area is 73.0 Å². The maximum Gasteiger partial charge on any atom is 0.0666 e. The molecule has 0 spiro atoms. The molecule has 0 bridgehead atoms. The summed E-state index contributed by atoms with van der Waals surface area (Å²) in [6.45, 7) is 1.72. The van der Waals surface area contributed by atoms with Crippen LogP contribution in [-0.4, -0.2) is 17.3 Å². The summed E-state index contributed by atoms with van der Waals surface area (Å²) in [5.41, 5.74) is 6.87. The smallest absolute Gasteiger partial charge is 0.0666 e. The first-order chi connectivity index (χ1) is 5.70. The van der Waals surface area contributed by atoms with Crippen molar-refractivity contribution in [2.75, 3.05) is 0 Å². The van der Waals surface area contributed by atoms with Crippen molar-refractivity contribution in [3.05, 3.63) is 35.9 Å². The molecule has 0 aliphatic heterocycles. The lowest BCUT2D eigenvalue weighted by Gasteiger charge is -2.13. The third-order valence-electron chi connectivity index (χ3n) is 1.93. The number of aliphatic hydroxyl groups excluding tert-OH is 1. The quantitative estimate of drug-likeness (QED) is 0.700. The van der Waals surface area contributed by atoms with Crippen LogP contribution < -0.4 is 5.73 Å². The average Bonchev–Trinajstić information content (AvgIpc) is 2.06. The van der Waals surface area contributed by atoms with Crippen molar-refractivity contribution in [3.63, 3.8) is 0 Å². The van der Waals surface area contributed by atoms with Gasteiger partial charge in [-0.25, -0.2) is 0 Å². The van der Waals surface area contributed by atoms with Crippen LogP contribution in [0.5, 0.6) is 0 Å². The van der Waals surface area contributed by atoms with Gasteiger partial charge in [-0.3, -0.25) is 0 Å². The van der Waals surface area contributed by atoms with Crippen LogP contribution in [0.3, 0.4) is 0 Å². The summed E-state index contributed by atoms with van der Waals surface area (Å²) in [6, 6.07) is 9.79. The molecule has 1 unspecified atom stereocenters. The highest BCUT2D eigenvalue weighted by molar-refractivity contribution is 5.15. The van der Waals surface area contributed by atoms with Crippen LogP contribution in [0.4, 0.5) is 0 Å². The first-order valence-electron chi connectivity index (χ1n) is 4.17. The molecule has 1 rings (SSSR count). The summed E-state index contributed by atoms with van der Waals surface area (Å²) in [4.78, 5) is 0. The molecule has 66 valence electrons. The van der Waals surface area contributed by atoms with Gasteiger partial charge in [0.1, 0.15) is 0 Å². The molecule has 0 saturated heterocycles. The normalized spacial score (nSPS) is 15.6. The highest BCUT2D eigenvalue weighted by Crippen LogP contribution is 2.03. The molecule has 0 radical (unpaired) electrons. The van der Waals surface area contributed by atoms with Gasteiger partial charge in [-0.05, 0) is 18.9 Å². The Morgan fingerprint density at radius 1 is 1.33 bits per heavy atom. The molecular formula is C10H15NO. The van der Waals surface area contributed by atoms with E-state index in [1.54, 1.807) is 6.92 Å². The van der Waals surface area contributed by atoms with Crippen molar-refractivity contribution in [3.8, 4) is 0 Å². The van der Waals surface area contributed by atoms with E-state index in [1.165, 1.54) is 5.56 Å². The second kappa shape index (κ2) is 4.24. The van der Waals surface area contributed by atoms with Crippen LogP contribution in [0.15, 0.2) is 30.3 Å². The zero-order valence-electron chi connectivity index (χ0n) is 7.27. The fourth-order valence-electron chi connectivity index (χ4n) is 1.06. The topological polar surface area (TPSA) is 46.2 Å². The van der Waals surface area contributed by atoms with E-state index in [2.05, 4.69) is 0 Å². The molecule has 0 fully saturated rings. The van der Waals surface area contributed by atoms with Crippen LogP contribution >= 0.6 is 0 Å². The van der Waals surface area contributed by atoms with Crippen molar-refractivity contribution in [2.45, 2.75) is 25.5 Å². The van der Waals surface area contributed by atoms with Gasteiger partial charge in [0.25, 0.3) is 0 Å².